The summed E-state index contributed by atoms with van der Waals surface area (Å²) in [5, 5.41) is 11.3. The van der Waals surface area contributed by atoms with Crippen molar-refractivity contribution in [3.05, 3.63) is 16.4 Å². The molecule has 0 aliphatic heterocycles. The number of hydrazine groups is 1. The third kappa shape index (κ3) is 4.77. The number of nitrogens with zero attached hydrogens (tertiary/aromatic N) is 4. The maximum absolute atomic E-state index is 11.3. The number of nitrogen functional groups attached to an aromatic ring is 1. The maximum Gasteiger partial charge on any atom is 0.354 e. The van der Waals surface area contributed by atoms with Gasteiger partial charge in [-0.25, -0.2) is 15.8 Å². The van der Waals surface area contributed by atoms with Crippen LogP contribution in [0, 0.1) is 10.1 Å². The van der Waals surface area contributed by atoms with Crippen molar-refractivity contribution in [1.29, 1.82) is 0 Å². The molecule has 0 saturated carbocycles. The SMILES string of the molecule is COCCCN(CCOC)c1ncnc(NN)c1[N+](=O)[O-]. The van der Waals surface area contributed by atoms with E-state index in [9.17, 15) is 10.1 Å². The van der Waals surface area contributed by atoms with Gasteiger partial charge in [-0.3, -0.25) is 10.1 Å². The molecule has 0 saturated heterocycles. The molecule has 0 fully saturated rings. The summed E-state index contributed by atoms with van der Waals surface area (Å²) in [6, 6.07) is 0. The number of hydrogen-bond acceptors (Lipinski definition) is 9. The van der Waals surface area contributed by atoms with Gasteiger partial charge >= 0.3 is 5.69 Å². The fourth-order valence-electron chi connectivity index (χ4n) is 1.80. The lowest BCUT2D eigenvalue weighted by molar-refractivity contribution is -0.383. The Bertz CT molecular complexity index is 458. The van der Waals surface area contributed by atoms with Crippen LogP contribution in [-0.4, -0.2) is 55.4 Å². The van der Waals surface area contributed by atoms with Crippen LogP contribution in [0.25, 0.3) is 0 Å². The Morgan fingerprint density at radius 1 is 1.33 bits per heavy atom. The number of hydrogen-bond donors (Lipinski definition) is 2. The molecule has 1 rings (SSSR count). The molecular weight excluding hydrogens is 280 g/mol. The number of nitro groups is 1. The van der Waals surface area contributed by atoms with Gasteiger partial charge in [0, 0.05) is 33.9 Å². The summed E-state index contributed by atoms with van der Waals surface area (Å²) in [5.74, 6) is 5.45. The minimum absolute atomic E-state index is 0.0286. The lowest BCUT2D eigenvalue weighted by Gasteiger charge is -2.23. The molecule has 1 aromatic rings. The Hall–Kier alpha value is -2.04. The Kier molecular flexibility index (Phi) is 7.29. The van der Waals surface area contributed by atoms with Gasteiger partial charge in [-0.05, 0) is 6.42 Å². The van der Waals surface area contributed by atoms with Crippen molar-refractivity contribution in [3.63, 3.8) is 0 Å². The predicted molar refractivity (Wildman–Crippen MR) is 77.1 cm³/mol. The molecule has 3 N–H and O–H groups in total. The van der Waals surface area contributed by atoms with Gasteiger partial charge < -0.3 is 19.8 Å². The van der Waals surface area contributed by atoms with Gasteiger partial charge in [-0.15, -0.1) is 0 Å². The molecule has 10 heteroatoms. The molecule has 0 bridgehead atoms. The first-order valence-electron chi connectivity index (χ1n) is 6.34. The Morgan fingerprint density at radius 2 is 2.05 bits per heavy atom. The lowest BCUT2D eigenvalue weighted by Crippen LogP contribution is -2.31. The Morgan fingerprint density at radius 3 is 2.62 bits per heavy atom. The normalized spacial score (nSPS) is 10.4. The van der Waals surface area contributed by atoms with Crippen LogP contribution in [0.4, 0.5) is 17.3 Å². The molecule has 118 valence electrons. The van der Waals surface area contributed by atoms with Gasteiger partial charge in [0.05, 0.1) is 11.5 Å². The van der Waals surface area contributed by atoms with Gasteiger partial charge in [0.25, 0.3) is 0 Å². The van der Waals surface area contributed by atoms with Crippen LogP contribution in [0.2, 0.25) is 0 Å². The van der Waals surface area contributed by atoms with Crippen molar-refractivity contribution in [1.82, 2.24) is 9.97 Å². The molecule has 0 aliphatic rings. The van der Waals surface area contributed by atoms with Crippen LogP contribution in [-0.2, 0) is 9.47 Å². The van der Waals surface area contributed by atoms with E-state index in [4.69, 9.17) is 15.3 Å². The standard InChI is InChI=1S/C11H20N6O4/c1-20-6-3-4-16(5-7-21-2)11-9(17(18)19)10(15-12)13-8-14-11/h8H,3-7,12H2,1-2H3,(H,13,14,15). The quantitative estimate of drug-likeness (QED) is 0.268. The topological polar surface area (TPSA) is 129 Å². The number of anilines is 2. The number of nitrogens with one attached hydrogen (secondary N) is 1. The fraction of sp³-hybridized carbons (Fsp3) is 0.636. The van der Waals surface area contributed by atoms with Crippen LogP contribution < -0.4 is 16.2 Å². The Balaban J connectivity index is 3.06. The van der Waals surface area contributed by atoms with Gasteiger partial charge in [0.15, 0.2) is 0 Å². The van der Waals surface area contributed by atoms with Crippen molar-refractivity contribution in [2.24, 2.45) is 5.84 Å². The summed E-state index contributed by atoms with van der Waals surface area (Å²) in [6.07, 6.45) is 1.93. The minimum atomic E-state index is -0.555. The number of methoxy groups -OCH3 is 2. The average molecular weight is 300 g/mol. The third-order valence-corrected chi connectivity index (χ3v) is 2.76. The third-order valence-electron chi connectivity index (χ3n) is 2.76. The molecule has 1 heterocycles. The van der Waals surface area contributed by atoms with Crippen LogP contribution >= 0.6 is 0 Å². The van der Waals surface area contributed by atoms with Crippen LogP contribution in [0.3, 0.4) is 0 Å². The van der Waals surface area contributed by atoms with E-state index in [2.05, 4.69) is 15.4 Å². The first-order chi connectivity index (χ1) is 10.2. The zero-order valence-electron chi connectivity index (χ0n) is 12.1. The molecule has 0 aromatic carbocycles. The zero-order valence-corrected chi connectivity index (χ0v) is 12.1. The van der Waals surface area contributed by atoms with Crippen molar-refractivity contribution in [2.75, 3.05) is 50.8 Å². The van der Waals surface area contributed by atoms with Crippen LogP contribution in [0.1, 0.15) is 6.42 Å². The van der Waals surface area contributed by atoms with Crippen molar-refractivity contribution >= 4 is 17.3 Å². The Labute approximate surface area is 122 Å². The van der Waals surface area contributed by atoms with Crippen LogP contribution in [0.15, 0.2) is 6.33 Å². The van der Waals surface area contributed by atoms with Gasteiger partial charge in [-0.1, -0.05) is 0 Å². The zero-order chi connectivity index (χ0) is 15.7. The van der Waals surface area contributed by atoms with Crippen molar-refractivity contribution < 1.29 is 14.4 Å². The summed E-state index contributed by atoms with van der Waals surface area (Å²) >= 11 is 0. The molecule has 0 amide bonds. The molecule has 0 spiro atoms. The van der Waals surface area contributed by atoms with Gasteiger partial charge in [0.1, 0.15) is 6.33 Å². The molecule has 0 unspecified atom stereocenters. The van der Waals surface area contributed by atoms with E-state index in [1.54, 1.807) is 19.1 Å². The fourth-order valence-corrected chi connectivity index (χ4v) is 1.80. The van der Waals surface area contributed by atoms with E-state index < -0.39 is 4.92 Å². The van der Waals surface area contributed by atoms with Crippen molar-refractivity contribution in [3.8, 4) is 0 Å². The van der Waals surface area contributed by atoms with E-state index in [1.165, 1.54) is 6.33 Å². The van der Waals surface area contributed by atoms with Crippen LogP contribution in [0.5, 0.6) is 0 Å². The number of aromatic nitrogens is 2. The van der Waals surface area contributed by atoms with E-state index in [1.807, 2.05) is 0 Å². The minimum Gasteiger partial charge on any atom is -0.385 e. The monoisotopic (exact) mass is 300 g/mol. The maximum atomic E-state index is 11.3. The average Bonchev–Trinajstić information content (AvgIpc) is 2.49. The highest BCUT2D eigenvalue weighted by Crippen LogP contribution is 2.31. The molecule has 10 nitrogen and oxygen atoms in total. The molecule has 0 atom stereocenters. The smallest absolute Gasteiger partial charge is 0.354 e. The first kappa shape index (κ1) is 17.0. The van der Waals surface area contributed by atoms with E-state index in [0.29, 0.717) is 32.7 Å². The van der Waals surface area contributed by atoms with E-state index in [-0.39, 0.29) is 17.3 Å². The van der Waals surface area contributed by atoms with Gasteiger partial charge in [-0.2, -0.15) is 0 Å². The molecule has 21 heavy (non-hydrogen) atoms. The molecule has 1 aromatic heterocycles. The highest BCUT2D eigenvalue weighted by atomic mass is 16.6. The number of rotatable bonds is 10. The number of ether oxygens (including phenoxy) is 2. The highest BCUT2D eigenvalue weighted by Gasteiger charge is 2.26. The molecule has 0 aliphatic carbocycles. The summed E-state index contributed by atoms with van der Waals surface area (Å²) in [7, 11) is 3.16. The lowest BCUT2D eigenvalue weighted by atomic mass is 10.3. The number of nitrogens with two attached hydrogens (primary N) is 1. The predicted octanol–water partition coefficient (Wildman–Crippen LogP) is 0.160. The highest BCUT2D eigenvalue weighted by molar-refractivity contribution is 5.69. The van der Waals surface area contributed by atoms with Gasteiger partial charge in [0.2, 0.25) is 11.6 Å². The second kappa shape index (κ2) is 9.00. The largest absolute Gasteiger partial charge is 0.385 e. The molecule has 0 radical (unpaired) electrons. The van der Waals surface area contributed by atoms with Crippen molar-refractivity contribution in [2.45, 2.75) is 6.42 Å². The van der Waals surface area contributed by atoms with E-state index in [0.717, 1.165) is 0 Å². The first-order valence-corrected chi connectivity index (χ1v) is 6.34. The summed E-state index contributed by atoms with van der Waals surface area (Å²) in [4.78, 5) is 20.2. The second-order valence-corrected chi connectivity index (χ2v) is 4.12. The van der Waals surface area contributed by atoms with E-state index >= 15 is 0 Å². The molecular formula is C11H20N6O4. The summed E-state index contributed by atoms with van der Waals surface area (Å²) in [6.45, 7) is 1.96. The summed E-state index contributed by atoms with van der Waals surface area (Å²) in [5.41, 5.74) is 1.96. The summed E-state index contributed by atoms with van der Waals surface area (Å²) < 4.78 is 10.0. The second-order valence-electron chi connectivity index (χ2n) is 4.12.